The van der Waals surface area contributed by atoms with Crippen molar-refractivity contribution in [1.29, 1.82) is 0 Å². The van der Waals surface area contributed by atoms with E-state index in [-0.39, 0.29) is 11.7 Å². The van der Waals surface area contributed by atoms with Gasteiger partial charge in [-0.3, -0.25) is 4.57 Å². The molecule has 0 fully saturated rings. The van der Waals surface area contributed by atoms with E-state index >= 15 is 0 Å². The maximum Gasteiger partial charge on any atom is 0.345 e. The van der Waals surface area contributed by atoms with Crippen LogP contribution in [-0.4, -0.2) is 38.5 Å². The van der Waals surface area contributed by atoms with Crippen molar-refractivity contribution >= 4 is 17.4 Å². The lowest BCUT2D eigenvalue weighted by Gasteiger charge is -2.09. The van der Waals surface area contributed by atoms with Crippen LogP contribution in [0.2, 0.25) is 0 Å². The van der Waals surface area contributed by atoms with Crippen LogP contribution in [0.3, 0.4) is 0 Å². The summed E-state index contributed by atoms with van der Waals surface area (Å²) < 4.78 is 3.30. The molecule has 3 heterocycles. The van der Waals surface area contributed by atoms with Crippen LogP contribution in [0.15, 0.2) is 10.2 Å². The first-order valence-electron chi connectivity index (χ1n) is 9.23. The molecule has 2 aromatic heterocycles. The number of hydrogen-bond donors (Lipinski definition) is 2. The average molecular weight is 379 g/mol. The number of aryl methyl sites for hydroxylation is 4. The van der Waals surface area contributed by atoms with Crippen LogP contribution < -0.4 is 16.3 Å². The Balaban J connectivity index is 1.29. The van der Waals surface area contributed by atoms with Crippen molar-refractivity contribution in [3.05, 3.63) is 32.4 Å². The second-order valence-corrected chi connectivity index (χ2v) is 7.50. The molecule has 0 saturated heterocycles. The first-order valence-corrected chi connectivity index (χ1v) is 10.1. The van der Waals surface area contributed by atoms with Gasteiger partial charge in [0.2, 0.25) is 0 Å². The van der Waals surface area contributed by atoms with E-state index in [1.54, 1.807) is 15.9 Å². The predicted octanol–water partition coefficient (Wildman–Crippen LogP) is 1.47. The molecule has 0 aromatic carbocycles. The van der Waals surface area contributed by atoms with Crippen LogP contribution >= 0.6 is 11.3 Å². The van der Waals surface area contributed by atoms with Gasteiger partial charge in [-0.2, -0.15) is 5.10 Å². The Kier molecular flexibility index (Phi) is 6.43. The van der Waals surface area contributed by atoms with Crippen molar-refractivity contribution in [1.82, 2.24) is 30.0 Å². The predicted molar refractivity (Wildman–Crippen MR) is 101 cm³/mol. The van der Waals surface area contributed by atoms with Crippen LogP contribution in [0.5, 0.6) is 0 Å². The first kappa shape index (κ1) is 18.6. The molecule has 0 unspecified atom stereocenters. The second kappa shape index (κ2) is 8.98. The minimum absolute atomic E-state index is 0.0263. The summed E-state index contributed by atoms with van der Waals surface area (Å²) in [4.78, 5) is 28.4. The third kappa shape index (κ3) is 4.94. The lowest BCUT2D eigenvalue weighted by atomic mass is 10.2. The fourth-order valence-electron chi connectivity index (χ4n) is 3.05. The van der Waals surface area contributed by atoms with Gasteiger partial charge in [-0.15, -0.1) is 11.3 Å². The largest absolute Gasteiger partial charge is 0.345 e. The number of urea groups is 1. The van der Waals surface area contributed by atoms with Crippen molar-refractivity contribution in [2.24, 2.45) is 0 Å². The molecule has 0 atom stereocenters. The summed E-state index contributed by atoms with van der Waals surface area (Å²) in [5, 5.41) is 13.2. The number of nitrogens with one attached hydrogen (secondary N) is 2. The highest BCUT2D eigenvalue weighted by molar-refractivity contribution is 7.09. The zero-order valence-electron chi connectivity index (χ0n) is 15.2. The van der Waals surface area contributed by atoms with Crippen LogP contribution in [0.25, 0.3) is 0 Å². The number of rotatable bonds is 8. The van der Waals surface area contributed by atoms with E-state index in [2.05, 4.69) is 20.7 Å². The minimum Gasteiger partial charge on any atom is -0.338 e. The van der Waals surface area contributed by atoms with Gasteiger partial charge in [-0.25, -0.2) is 19.3 Å². The molecule has 0 aliphatic carbocycles. The van der Waals surface area contributed by atoms with Crippen molar-refractivity contribution in [2.45, 2.75) is 58.5 Å². The van der Waals surface area contributed by atoms with Crippen LogP contribution in [0, 0.1) is 6.92 Å². The molecular weight excluding hydrogens is 352 g/mol. The Bertz CT molecular complexity index is 794. The van der Waals surface area contributed by atoms with Crippen molar-refractivity contribution in [3.8, 4) is 0 Å². The van der Waals surface area contributed by atoms with E-state index in [1.807, 2.05) is 12.3 Å². The molecular formula is C17H26N6O2S. The van der Waals surface area contributed by atoms with E-state index in [9.17, 15) is 9.59 Å². The third-order valence-electron chi connectivity index (χ3n) is 4.38. The summed E-state index contributed by atoms with van der Waals surface area (Å²) in [6.07, 6.45) is 5.46. The summed E-state index contributed by atoms with van der Waals surface area (Å²) in [6, 6.07) is -0.170. The fourth-order valence-corrected chi connectivity index (χ4v) is 3.86. The number of thiazole rings is 1. The summed E-state index contributed by atoms with van der Waals surface area (Å²) in [5.74, 6) is 0.891. The lowest BCUT2D eigenvalue weighted by molar-refractivity contribution is 0.240. The molecule has 0 radical (unpaired) electrons. The van der Waals surface area contributed by atoms with E-state index in [0.717, 1.165) is 55.2 Å². The maximum absolute atomic E-state index is 12.2. The number of hydrogen-bond acceptors (Lipinski definition) is 5. The van der Waals surface area contributed by atoms with Crippen molar-refractivity contribution < 1.29 is 4.79 Å². The van der Waals surface area contributed by atoms with Gasteiger partial charge in [0, 0.05) is 50.1 Å². The summed E-state index contributed by atoms with van der Waals surface area (Å²) >= 11 is 1.66. The van der Waals surface area contributed by atoms with E-state index < -0.39 is 0 Å². The highest BCUT2D eigenvalue weighted by Crippen LogP contribution is 2.10. The van der Waals surface area contributed by atoms with Gasteiger partial charge in [-0.1, -0.05) is 0 Å². The first-order chi connectivity index (χ1) is 12.6. The van der Waals surface area contributed by atoms with Gasteiger partial charge in [0.1, 0.15) is 5.82 Å². The summed E-state index contributed by atoms with van der Waals surface area (Å²) in [7, 11) is 0. The summed E-state index contributed by atoms with van der Waals surface area (Å²) in [6.45, 7) is 4.43. The number of amides is 2. The summed E-state index contributed by atoms with van der Waals surface area (Å²) in [5.41, 5.74) is 1.02. The molecule has 0 bridgehead atoms. The van der Waals surface area contributed by atoms with Gasteiger partial charge >= 0.3 is 11.7 Å². The van der Waals surface area contributed by atoms with Crippen molar-refractivity contribution in [3.63, 3.8) is 0 Å². The standard InChI is InChI=1S/C17H26N6O2S/c1-13-12-26-15(20-13)7-4-8-18-16(24)19-9-5-11-23-17(25)22-10-3-2-6-14(22)21-23/h12H,2-11H2,1H3,(H2,18,19,24). The van der Waals surface area contributed by atoms with E-state index in [1.165, 1.54) is 4.68 Å². The molecule has 1 aliphatic heterocycles. The Morgan fingerprint density at radius 3 is 2.81 bits per heavy atom. The zero-order chi connectivity index (χ0) is 18.4. The van der Waals surface area contributed by atoms with Gasteiger partial charge in [0.25, 0.3) is 0 Å². The van der Waals surface area contributed by atoms with Crippen molar-refractivity contribution in [2.75, 3.05) is 13.1 Å². The minimum atomic E-state index is -0.170. The van der Waals surface area contributed by atoms with Gasteiger partial charge in [-0.05, 0) is 32.6 Å². The molecule has 0 spiro atoms. The number of aromatic nitrogens is 4. The van der Waals surface area contributed by atoms with E-state index in [4.69, 9.17) is 0 Å². The van der Waals surface area contributed by atoms with E-state index in [0.29, 0.717) is 26.1 Å². The number of nitrogens with zero attached hydrogens (tertiary/aromatic N) is 4. The lowest BCUT2D eigenvalue weighted by Crippen LogP contribution is -2.37. The zero-order valence-corrected chi connectivity index (χ0v) is 16.0. The topological polar surface area (TPSA) is 93.8 Å². The smallest absolute Gasteiger partial charge is 0.338 e. The molecule has 1 aliphatic rings. The average Bonchev–Trinajstić information content (AvgIpc) is 3.19. The Morgan fingerprint density at radius 1 is 1.27 bits per heavy atom. The Morgan fingerprint density at radius 2 is 2.08 bits per heavy atom. The Hall–Kier alpha value is -2.16. The second-order valence-electron chi connectivity index (χ2n) is 6.55. The third-order valence-corrected chi connectivity index (χ3v) is 5.41. The molecule has 8 nitrogen and oxygen atoms in total. The van der Waals surface area contributed by atoms with Crippen LogP contribution in [0.4, 0.5) is 4.79 Å². The fraction of sp³-hybridized carbons (Fsp3) is 0.647. The normalized spacial score (nSPS) is 13.4. The number of carbonyl (C=O) groups excluding carboxylic acids is 1. The molecule has 9 heteroatoms. The van der Waals surface area contributed by atoms with Crippen LogP contribution in [-0.2, 0) is 25.9 Å². The maximum atomic E-state index is 12.2. The highest BCUT2D eigenvalue weighted by atomic mass is 32.1. The molecule has 0 saturated carbocycles. The SMILES string of the molecule is Cc1csc(CCCNC(=O)NCCCn2nc3n(c2=O)CCCC3)n1. The molecule has 2 N–H and O–H groups in total. The molecule has 2 amide bonds. The molecule has 142 valence electrons. The number of carbonyl (C=O) groups is 1. The number of fused-ring (bicyclic) bond motifs is 1. The molecule has 26 heavy (non-hydrogen) atoms. The monoisotopic (exact) mass is 378 g/mol. The molecule has 2 aromatic rings. The molecule has 3 rings (SSSR count). The van der Waals surface area contributed by atoms with Gasteiger partial charge in [0.05, 0.1) is 5.01 Å². The van der Waals surface area contributed by atoms with Gasteiger partial charge in [0.15, 0.2) is 0 Å². The highest BCUT2D eigenvalue weighted by Gasteiger charge is 2.16. The Labute approximate surface area is 156 Å². The van der Waals surface area contributed by atoms with Crippen LogP contribution in [0.1, 0.15) is 42.2 Å². The van der Waals surface area contributed by atoms with Gasteiger partial charge < -0.3 is 10.6 Å². The quantitative estimate of drug-likeness (QED) is 0.680.